The molecule has 0 aromatic heterocycles. The van der Waals surface area contributed by atoms with Crippen molar-refractivity contribution in [3.63, 3.8) is 0 Å². The first-order chi connectivity index (χ1) is 10.4. The largest absolute Gasteiger partial charge is 0.496 e. The van der Waals surface area contributed by atoms with Gasteiger partial charge >= 0.3 is 0 Å². The van der Waals surface area contributed by atoms with Gasteiger partial charge in [0.25, 0.3) is 0 Å². The molecule has 0 bridgehead atoms. The second kappa shape index (κ2) is 6.95. The Morgan fingerprint density at radius 2 is 1.90 bits per heavy atom. The zero-order chi connectivity index (χ0) is 14.5. The van der Waals surface area contributed by atoms with Crippen LogP contribution in [0.2, 0.25) is 0 Å². The number of ether oxygens (including phenoxy) is 1. The summed E-state index contributed by atoms with van der Waals surface area (Å²) in [6, 6.07) is 12.8. The Balaban J connectivity index is 1.67. The van der Waals surface area contributed by atoms with Crippen molar-refractivity contribution in [2.45, 2.75) is 38.6 Å². The van der Waals surface area contributed by atoms with Gasteiger partial charge in [-0.1, -0.05) is 56.0 Å². The van der Waals surface area contributed by atoms with Gasteiger partial charge in [-0.15, -0.1) is 0 Å². The highest BCUT2D eigenvalue weighted by atomic mass is 16.5. The van der Waals surface area contributed by atoms with Crippen molar-refractivity contribution in [1.29, 1.82) is 0 Å². The van der Waals surface area contributed by atoms with Crippen LogP contribution in [0, 0.1) is 5.92 Å². The van der Waals surface area contributed by atoms with Gasteiger partial charge in [-0.25, -0.2) is 0 Å². The highest BCUT2D eigenvalue weighted by molar-refractivity contribution is 5.87. The molecular weight excluding hydrogens is 258 g/mol. The lowest BCUT2D eigenvalue weighted by atomic mass is 10.0. The average molecular weight is 283 g/mol. The summed E-state index contributed by atoms with van der Waals surface area (Å²) in [7, 11) is 1.76. The van der Waals surface area contributed by atoms with Crippen LogP contribution in [-0.4, -0.2) is 13.7 Å². The van der Waals surface area contributed by atoms with E-state index in [0.717, 1.165) is 24.8 Å². The number of nitrogens with one attached hydrogen (secondary N) is 1. The summed E-state index contributed by atoms with van der Waals surface area (Å²) in [5.74, 6) is 1.94. The molecule has 112 valence electrons. The molecule has 2 aromatic rings. The van der Waals surface area contributed by atoms with E-state index >= 15 is 0 Å². The molecule has 1 fully saturated rings. The molecule has 0 aliphatic heterocycles. The molecule has 2 aromatic carbocycles. The van der Waals surface area contributed by atoms with Crippen molar-refractivity contribution in [3.05, 3.63) is 42.0 Å². The normalized spacial score (nSPS) is 15.7. The van der Waals surface area contributed by atoms with Gasteiger partial charge in [-0.3, -0.25) is 0 Å². The molecule has 21 heavy (non-hydrogen) atoms. The Morgan fingerprint density at radius 3 is 2.71 bits per heavy atom. The number of benzene rings is 2. The third-order valence-electron chi connectivity index (χ3n) is 4.72. The van der Waals surface area contributed by atoms with Gasteiger partial charge in [0.2, 0.25) is 0 Å². The number of hydrogen-bond acceptors (Lipinski definition) is 2. The summed E-state index contributed by atoms with van der Waals surface area (Å²) in [5, 5.41) is 6.20. The van der Waals surface area contributed by atoms with E-state index in [0.29, 0.717) is 0 Å². The first-order valence-electron chi connectivity index (χ1n) is 8.14. The summed E-state index contributed by atoms with van der Waals surface area (Å²) in [6.45, 7) is 1.99. The summed E-state index contributed by atoms with van der Waals surface area (Å²) < 4.78 is 5.54. The van der Waals surface area contributed by atoms with E-state index in [-0.39, 0.29) is 0 Å². The average Bonchev–Trinajstić information content (AvgIpc) is 3.04. The van der Waals surface area contributed by atoms with Crippen LogP contribution in [0.15, 0.2) is 36.4 Å². The maximum Gasteiger partial charge on any atom is 0.123 e. The molecular formula is C19H25NO. The van der Waals surface area contributed by atoms with Crippen molar-refractivity contribution in [2.75, 3.05) is 13.7 Å². The van der Waals surface area contributed by atoms with E-state index in [1.165, 1.54) is 48.4 Å². The third-order valence-corrected chi connectivity index (χ3v) is 4.72. The Kier molecular flexibility index (Phi) is 4.76. The molecule has 3 rings (SSSR count). The molecule has 0 heterocycles. The van der Waals surface area contributed by atoms with Gasteiger partial charge in [0.1, 0.15) is 5.75 Å². The minimum atomic E-state index is 0.886. The summed E-state index contributed by atoms with van der Waals surface area (Å²) in [6.07, 6.45) is 7.04. The van der Waals surface area contributed by atoms with Crippen molar-refractivity contribution >= 4 is 10.8 Å². The molecule has 2 nitrogen and oxygen atoms in total. The fourth-order valence-electron chi connectivity index (χ4n) is 3.51. The summed E-state index contributed by atoms with van der Waals surface area (Å²) in [5.41, 5.74) is 1.28. The predicted octanol–water partition coefficient (Wildman–Crippen LogP) is 4.52. The van der Waals surface area contributed by atoms with Gasteiger partial charge < -0.3 is 10.1 Å². The first-order valence-corrected chi connectivity index (χ1v) is 8.14. The predicted molar refractivity (Wildman–Crippen MR) is 88.8 cm³/mol. The van der Waals surface area contributed by atoms with Gasteiger partial charge in [0, 0.05) is 12.1 Å². The minimum Gasteiger partial charge on any atom is -0.496 e. The van der Waals surface area contributed by atoms with E-state index in [1.54, 1.807) is 7.11 Å². The van der Waals surface area contributed by atoms with Crippen molar-refractivity contribution < 1.29 is 4.74 Å². The molecule has 0 radical (unpaired) electrons. The lowest BCUT2D eigenvalue weighted by molar-refractivity contribution is 0.407. The lowest BCUT2D eigenvalue weighted by Crippen LogP contribution is -2.17. The number of rotatable bonds is 6. The molecule has 0 atom stereocenters. The quantitative estimate of drug-likeness (QED) is 0.787. The van der Waals surface area contributed by atoms with Crippen molar-refractivity contribution in [1.82, 2.24) is 5.32 Å². The fourth-order valence-corrected chi connectivity index (χ4v) is 3.51. The second-order valence-electron chi connectivity index (χ2n) is 6.08. The second-order valence-corrected chi connectivity index (χ2v) is 6.08. The monoisotopic (exact) mass is 283 g/mol. The number of fused-ring (bicyclic) bond motifs is 1. The molecule has 1 aliphatic rings. The van der Waals surface area contributed by atoms with Crippen LogP contribution in [-0.2, 0) is 6.54 Å². The lowest BCUT2D eigenvalue weighted by Gasteiger charge is -2.14. The first kappa shape index (κ1) is 14.4. The fraction of sp³-hybridized carbons (Fsp3) is 0.474. The van der Waals surface area contributed by atoms with Crippen molar-refractivity contribution in [3.8, 4) is 5.75 Å². The van der Waals surface area contributed by atoms with Crippen LogP contribution in [0.5, 0.6) is 5.75 Å². The van der Waals surface area contributed by atoms with E-state index in [9.17, 15) is 0 Å². The Labute approximate surface area is 127 Å². The molecule has 0 amide bonds. The smallest absolute Gasteiger partial charge is 0.123 e. The molecule has 2 heteroatoms. The Morgan fingerprint density at radius 1 is 1.10 bits per heavy atom. The highest BCUT2D eigenvalue weighted by Gasteiger charge is 2.14. The van der Waals surface area contributed by atoms with E-state index in [4.69, 9.17) is 4.74 Å². The highest BCUT2D eigenvalue weighted by Crippen LogP contribution is 2.29. The molecule has 1 saturated carbocycles. The standard InChI is InChI=1S/C19H25NO/c1-21-19-11-10-16-8-4-5-9-17(16)18(19)14-20-13-12-15-6-2-3-7-15/h4-5,8-11,15,20H,2-3,6-7,12-14H2,1H3. The van der Waals surface area contributed by atoms with E-state index in [1.807, 2.05) is 0 Å². The van der Waals surface area contributed by atoms with Crippen LogP contribution in [0.3, 0.4) is 0 Å². The van der Waals surface area contributed by atoms with E-state index in [2.05, 4.69) is 41.7 Å². The van der Waals surface area contributed by atoms with Gasteiger partial charge in [-0.05, 0) is 35.7 Å². The topological polar surface area (TPSA) is 21.3 Å². The zero-order valence-corrected chi connectivity index (χ0v) is 12.9. The summed E-state index contributed by atoms with van der Waals surface area (Å²) >= 11 is 0. The molecule has 1 aliphatic carbocycles. The third kappa shape index (κ3) is 3.38. The van der Waals surface area contributed by atoms with Crippen LogP contribution in [0.1, 0.15) is 37.7 Å². The summed E-state index contributed by atoms with van der Waals surface area (Å²) in [4.78, 5) is 0. The van der Waals surface area contributed by atoms with Crippen molar-refractivity contribution in [2.24, 2.45) is 5.92 Å². The van der Waals surface area contributed by atoms with Crippen LogP contribution >= 0.6 is 0 Å². The molecule has 0 saturated heterocycles. The van der Waals surface area contributed by atoms with Gasteiger partial charge in [0.05, 0.1) is 7.11 Å². The van der Waals surface area contributed by atoms with Gasteiger partial charge in [-0.2, -0.15) is 0 Å². The maximum atomic E-state index is 5.54. The number of hydrogen-bond donors (Lipinski definition) is 1. The molecule has 0 unspecified atom stereocenters. The van der Waals surface area contributed by atoms with Crippen LogP contribution < -0.4 is 10.1 Å². The SMILES string of the molecule is COc1ccc2ccccc2c1CNCCC1CCCC1. The Bertz CT molecular complexity index is 587. The van der Waals surface area contributed by atoms with Crippen LogP contribution in [0.4, 0.5) is 0 Å². The zero-order valence-electron chi connectivity index (χ0n) is 12.9. The number of methoxy groups -OCH3 is 1. The van der Waals surface area contributed by atoms with Crippen LogP contribution in [0.25, 0.3) is 10.8 Å². The van der Waals surface area contributed by atoms with Gasteiger partial charge in [0.15, 0.2) is 0 Å². The molecule has 1 N–H and O–H groups in total. The minimum absolute atomic E-state index is 0.886. The Hall–Kier alpha value is -1.54. The van der Waals surface area contributed by atoms with E-state index < -0.39 is 0 Å². The molecule has 0 spiro atoms. The maximum absolute atomic E-state index is 5.54.